The number of amidine groups is 1. The van der Waals surface area contributed by atoms with Crippen molar-refractivity contribution in [1.29, 1.82) is 0 Å². The molecule has 4 aliphatic rings. The molecule has 4 aliphatic heterocycles. The number of benzene rings is 1. The number of thioether (sulfide) groups is 1. The summed E-state index contributed by atoms with van der Waals surface area (Å²) >= 11 is 1.91. The van der Waals surface area contributed by atoms with Gasteiger partial charge < -0.3 is 20.4 Å². The van der Waals surface area contributed by atoms with E-state index in [0.717, 1.165) is 70.0 Å². The summed E-state index contributed by atoms with van der Waals surface area (Å²) in [7, 11) is 4.19. The number of hydrogen-bond acceptors (Lipinski definition) is 6. The fourth-order valence-electron chi connectivity index (χ4n) is 7.36. The van der Waals surface area contributed by atoms with Crippen LogP contribution in [0.15, 0.2) is 35.3 Å². The molecule has 1 aromatic carbocycles. The van der Waals surface area contributed by atoms with E-state index in [-0.39, 0.29) is 11.3 Å². The second kappa shape index (κ2) is 11.0. The van der Waals surface area contributed by atoms with Crippen LogP contribution < -0.4 is 10.6 Å². The van der Waals surface area contributed by atoms with Crippen molar-refractivity contribution in [1.82, 2.24) is 20.4 Å². The van der Waals surface area contributed by atoms with Crippen LogP contribution in [-0.4, -0.2) is 85.0 Å². The molecule has 2 bridgehead atoms. The molecular formula is C29H45N5OS. The van der Waals surface area contributed by atoms with E-state index >= 15 is 0 Å². The number of hydrogen-bond donors (Lipinski definition) is 2. The number of piperidine rings is 1. The van der Waals surface area contributed by atoms with Crippen molar-refractivity contribution < 1.29 is 4.79 Å². The van der Waals surface area contributed by atoms with Crippen molar-refractivity contribution >= 4 is 22.8 Å². The first kappa shape index (κ1) is 26.1. The molecule has 198 valence electrons. The van der Waals surface area contributed by atoms with Crippen molar-refractivity contribution in [3.63, 3.8) is 0 Å². The molecule has 0 aromatic heterocycles. The first-order valence-electron chi connectivity index (χ1n) is 14.2. The van der Waals surface area contributed by atoms with Crippen LogP contribution in [0.4, 0.5) is 0 Å². The highest BCUT2D eigenvalue weighted by molar-refractivity contribution is 8.14. The zero-order valence-electron chi connectivity index (χ0n) is 22.6. The van der Waals surface area contributed by atoms with E-state index in [1.807, 2.05) is 11.8 Å². The zero-order valence-corrected chi connectivity index (χ0v) is 23.4. The Hall–Kier alpha value is -1.57. The summed E-state index contributed by atoms with van der Waals surface area (Å²) in [6, 6.07) is 11.6. The number of fused-ring (bicyclic) bond motifs is 3. The van der Waals surface area contributed by atoms with Gasteiger partial charge in [0, 0.05) is 63.5 Å². The van der Waals surface area contributed by atoms with Crippen molar-refractivity contribution in [2.45, 2.75) is 69.2 Å². The minimum Gasteiger partial charge on any atom is -0.358 e. The molecule has 6 atom stereocenters. The zero-order chi connectivity index (χ0) is 25.3. The molecule has 36 heavy (non-hydrogen) atoms. The molecule has 1 aromatic rings. The lowest BCUT2D eigenvalue weighted by atomic mass is 9.72. The van der Waals surface area contributed by atoms with Gasteiger partial charge in [0.2, 0.25) is 5.91 Å². The molecule has 2 N–H and O–H groups in total. The van der Waals surface area contributed by atoms with E-state index in [4.69, 9.17) is 4.99 Å². The number of rotatable bonds is 5. The molecule has 1 spiro atoms. The van der Waals surface area contributed by atoms with Gasteiger partial charge in [-0.15, -0.1) is 0 Å². The van der Waals surface area contributed by atoms with E-state index in [9.17, 15) is 4.79 Å². The van der Waals surface area contributed by atoms with Gasteiger partial charge in [0.05, 0.1) is 12.0 Å². The Kier molecular flexibility index (Phi) is 7.99. The molecule has 1 unspecified atom stereocenters. The molecule has 1 amide bonds. The molecule has 0 radical (unpaired) electrons. The first-order chi connectivity index (χ1) is 17.5. The van der Waals surface area contributed by atoms with Crippen LogP contribution in [0.2, 0.25) is 0 Å². The fraction of sp³-hybridized carbons (Fsp3) is 0.724. The quantitative estimate of drug-likeness (QED) is 0.630. The molecule has 5 rings (SSSR count). The maximum Gasteiger partial charge on any atom is 0.227 e. The lowest BCUT2D eigenvalue weighted by Gasteiger charge is -2.47. The highest BCUT2D eigenvalue weighted by atomic mass is 32.2. The Bertz CT molecular complexity index is 935. The van der Waals surface area contributed by atoms with Crippen LogP contribution in [0.25, 0.3) is 0 Å². The fourth-order valence-corrected chi connectivity index (χ4v) is 8.92. The van der Waals surface area contributed by atoms with Crippen LogP contribution in [0.1, 0.15) is 57.4 Å². The standard InChI is InChI=1S/C29H45N5OS/c1-5-20(6-2)25-14-22(21-10-8-7-9-11-21)12-13-34(25)27(35)24-17-31-19-29(24)18-30-16-23-15-26(29)36-28(32-23)33(3)4/h7-11,20,22-26,30-31H,5-6,12-19H2,1-4H3/t22-,23?,24+,25+,26+,29-/m1/s1. The molecule has 6 nitrogen and oxygen atoms in total. The largest absolute Gasteiger partial charge is 0.358 e. The average Bonchev–Trinajstić information content (AvgIpc) is 3.29. The van der Waals surface area contributed by atoms with Gasteiger partial charge in [-0.05, 0) is 36.7 Å². The Labute approximate surface area is 222 Å². The molecule has 3 saturated heterocycles. The smallest absolute Gasteiger partial charge is 0.227 e. The SMILES string of the molecule is CCC(CC)[C@@H]1C[C@H](c2ccccc2)CCN1C(=O)[C@@H]1CNC[C@]12CNCC1C[C@@H]2SC(N(C)C)=N1. The predicted octanol–water partition coefficient (Wildman–Crippen LogP) is 3.80. The highest BCUT2D eigenvalue weighted by Crippen LogP contribution is 2.48. The van der Waals surface area contributed by atoms with Crippen molar-refractivity contribution in [2.24, 2.45) is 22.2 Å². The number of likely N-dealkylation sites (tertiary alicyclic amines) is 1. The summed E-state index contributed by atoms with van der Waals surface area (Å²) in [4.78, 5) is 24.1. The van der Waals surface area contributed by atoms with Crippen LogP contribution in [0.5, 0.6) is 0 Å². The molecule has 0 saturated carbocycles. The number of nitrogens with one attached hydrogen (secondary N) is 2. The summed E-state index contributed by atoms with van der Waals surface area (Å²) < 4.78 is 0. The summed E-state index contributed by atoms with van der Waals surface area (Å²) in [5.41, 5.74) is 1.37. The van der Waals surface area contributed by atoms with Gasteiger partial charge in [0.15, 0.2) is 5.17 Å². The Balaban J connectivity index is 1.41. The van der Waals surface area contributed by atoms with Gasteiger partial charge in [-0.3, -0.25) is 9.79 Å². The van der Waals surface area contributed by atoms with Gasteiger partial charge in [-0.1, -0.05) is 68.8 Å². The average molecular weight is 512 g/mol. The number of amides is 1. The summed E-state index contributed by atoms with van der Waals surface area (Å²) in [5, 5.41) is 8.94. The topological polar surface area (TPSA) is 60.0 Å². The second-order valence-electron chi connectivity index (χ2n) is 11.7. The molecule has 7 heteroatoms. The van der Waals surface area contributed by atoms with Gasteiger partial charge in [-0.2, -0.15) is 0 Å². The van der Waals surface area contributed by atoms with Gasteiger partial charge in [0.1, 0.15) is 0 Å². The van der Waals surface area contributed by atoms with Crippen molar-refractivity contribution in [2.75, 3.05) is 46.8 Å². The molecule has 3 fully saturated rings. The second-order valence-corrected chi connectivity index (χ2v) is 12.8. The van der Waals surface area contributed by atoms with Gasteiger partial charge >= 0.3 is 0 Å². The Morgan fingerprint density at radius 3 is 2.56 bits per heavy atom. The van der Waals surface area contributed by atoms with E-state index in [1.54, 1.807) is 0 Å². The minimum atomic E-state index is -0.0670. The Morgan fingerprint density at radius 2 is 1.86 bits per heavy atom. The van der Waals surface area contributed by atoms with Crippen molar-refractivity contribution in [3.8, 4) is 0 Å². The number of aliphatic imine (C=N–C) groups is 1. The number of nitrogens with zero attached hydrogens (tertiary/aromatic N) is 3. The predicted molar refractivity (Wildman–Crippen MR) is 151 cm³/mol. The lowest BCUT2D eigenvalue weighted by molar-refractivity contribution is -0.144. The van der Waals surface area contributed by atoms with Crippen LogP contribution in [0.3, 0.4) is 0 Å². The van der Waals surface area contributed by atoms with Crippen molar-refractivity contribution in [3.05, 3.63) is 35.9 Å². The van der Waals surface area contributed by atoms with E-state index < -0.39 is 0 Å². The van der Waals surface area contributed by atoms with Crippen LogP contribution in [0, 0.1) is 17.3 Å². The number of carbonyl (C=O) groups excluding carboxylic acids is 1. The maximum atomic E-state index is 14.6. The van der Waals surface area contributed by atoms with E-state index in [2.05, 4.69) is 78.7 Å². The third-order valence-electron chi connectivity index (χ3n) is 9.47. The summed E-state index contributed by atoms with van der Waals surface area (Å²) in [6.07, 6.45) is 5.48. The molecular weight excluding hydrogens is 466 g/mol. The maximum absolute atomic E-state index is 14.6. The monoisotopic (exact) mass is 511 g/mol. The third-order valence-corrected chi connectivity index (χ3v) is 11.1. The lowest BCUT2D eigenvalue weighted by Crippen LogP contribution is -2.57. The summed E-state index contributed by atoms with van der Waals surface area (Å²) in [6.45, 7) is 9.01. The highest BCUT2D eigenvalue weighted by Gasteiger charge is 2.56. The van der Waals surface area contributed by atoms with E-state index in [0.29, 0.717) is 35.1 Å². The van der Waals surface area contributed by atoms with Gasteiger partial charge in [-0.25, -0.2) is 0 Å². The van der Waals surface area contributed by atoms with Crippen LogP contribution >= 0.6 is 11.8 Å². The minimum absolute atomic E-state index is 0.0212. The normalized spacial score (nSPS) is 34.5. The number of carbonyl (C=O) groups is 1. The third kappa shape index (κ3) is 4.83. The molecule has 0 aliphatic carbocycles. The van der Waals surface area contributed by atoms with E-state index in [1.165, 1.54) is 5.56 Å². The van der Waals surface area contributed by atoms with Gasteiger partial charge in [0.25, 0.3) is 0 Å². The van der Waals surface area contributed by atoms with Crippen LogP contribution in [-0.2, 0) is 4.79 Å². The Morgan fingerprint density at radius 1 is 1.14 bits per heavy atom. The first-order valence-corrected chi connectivity index (χ1v) is 15.0. The molecule has 4 heterocycles. The summed E-state index contributed by atoms with van der Waals surface area (Å²) in [5.74, 6) is 1.52.